The van der Waals surface area contributed by atoms with E-state index in [2.05, 4.69) is 0 Å². The molecule has 0 saturated heterocycles. The predicted octanol–water partition coefficient (Wildman–Crippen LogP) is 4.16. The van der Waals surface area contributed by atoms with Crippen molar-refractivity contribution in [3.63, 3.8) is 0 Å². The van der Waals surface area contributed by atoms with Crippen molar-refractivity contribution in [1.29, 1.82) is 0 Å². The van der Waals surface area contributed by atoms with Crippen LogP contribution in [0, 0.1) is 0 Å². The lowest BCUT2D eigenvalue weighted by Gasteiger charge is -2.24. The zero-order valence-corrected chi connectivity index (χ0v) is 13.2. The second kappa shape index (κ2) is 7.07. The van der Waals surface area contributed by atoms with Gasteiger partial charge in [-0.2, -0.15) is 0 Å². The number of carbonyl (C=O) groups is 1. The minimum Gasteiger partial charge on any atom is -0.320 e. The molecule has 2 aliphatic rings. The number of halogens is 1. The summed E-state index contributed by atoms with van der Waals surface area (Å²) in [4.78, 5) is 14.9. The van der Waals surface area contributed by atoms with Crippen LogP contribution in [-0.4, -0.2) is 33.1 Å². The van der Waals surface area contributed by atoms with E-state index in [9.17, 15) is 4.79 Å². The Morgan fingerprint density at radius 3 is 1.85 bits per heavy atom. The van der Waals surface area contributed by atoms with Gasteiger partial charge in [-0.05, 0) is 22.7 Å². The Labute approximate surface area is 134 Å². The molecular weight excluding hydrogens is 310 g/mol. The maximum atomic E-state index is 11.6. The van der Waals surface area contributed by atoms with Crippen molar-refractivity contribution in [2.45, 2.75) is 12.8 Å². The summed E-state index contributed by atoms with van der Waals surface area (Å²) in [6.45, 7) is 0.852. The van der Waals surface area contributed by atoms with E-state index in [-0.39, 0.29) is 0 Å². The average Bonchev–Trinajstić information content (AvgIpc) is 2.42. The van der Waals surface area contributed by atoms with E-state index < -0.39 is 5.37 Å². The van der Waals surface area contributed by atoms with E-state index in [4.69, 9.17) is 36.0 Å². The van der Waals surface area contributed by atoms with Crippen LogP contribution in [0.15, 0.2) is 47.6 Å². The summed E-state index contributed by atoms with van der Waals surface area (Å²) in [6.07, 6.45) is 13.3. The van der Waals surface area contributed by atoms with Gasteiger partial charge in [0, 0.05) is 35.7 Å². The second-order valence-corrected chi connectivity index (χ2v) is 5.91. The van der Waals surface area contributed by atoms with E-state index in [0.29, 0.717) is 13.1 Å². The molecule has 0 atom stereocenters. The highest BCUT2D eigenvalue weighted by molar-refractivity contribution is 7.81. The minimum atomic E-state index is -0.485. The Bertz CT molecular complexity index is 528. The van der Waals surface area contributed by atoms with Crippen molar-refractivity contribution in [2.75, 3.05) is 13.1 Å². The highest BCUT2D eigenvalue weighted by Gasteiger charge is 2.19. The first-order valence-electron chi connectivity index (χ1n) is 6.30. The molecule has 2 aliphatic carbocycles. The molecule has 5 heteroatoms. The number of rotatable bonds is 4. The number of amides is 1. The van der Waals surface area contributed by atoms with Gasteiger partial charge in [-0.15, -0.1) is 0 Å². The smallest absolute Gasteiger partial charge is 0.316 e. The molecule has 0 aliphatic heterocycles. The molecule has 0 radical (unpaired) electrons. The van der Waals surface area contributed by atoms with E-state index in [1.165, 1.54) is 0 Å². The Morgan fingerprint density at radius 1 is 1.05 bits per heavy atom. The zero-order valence-electron chi connectivity index (χ0n) is 10.8. The van der Waals surface area contributed by atoms with Gasteiger partial charge in [0.1, 0.15) is 0 Å². The third kappa shape index (κ3) is 3.95. The Hall–Kier alpha value is -1.10. The van der Waals surface area contributed by atoms with Gasteiger partial charge in [0.15, 0.2) is 0 Å². The fourth-order valence-corrected chi connectivity index (χ4v) is 2.62. The minimum absolute atomic E-state index is 0.426. The summed E-state index contributed by atoms with van der Waals surface area (Å²) >= 11 is 16.3. The topological polar surface area (TPSA) is 20.3 Å². The predicted molar refractivity (Wildman–Crippen MR) is 91.7 cm³/mol. The fourth-order valence-electron chi connectivity index (χ4n) is 2.04. The van der Waals surface area contributed by atoms with Crippen LogP contribution in [0.1, 0.15) is 12.8 Å². The largest absolute Gasteiger partial charge is 0.320 e. The summed E-state index contributed by atoms with van der Waals surface area (Å²) in [5.41, 5.74) is 1.93. The van der Waals surface area contributed by atoms with Crippen molar-refractivity contribution in [3.05, 3.63) is 47.6 Å². The van der Waals surface area contributed by atoms with Crippen molar-refractivity contribution < 1.29 is 4.79 Å². The maximum Gasteiger partial charge on any atom is 0.316 e. The summed E-state index contributed by atoms with van der Waals surface area (Å²) in [7, 11) is 0. The standard InChI is InChI=1S/C15H14ClNOS2/c16-15(18)17(9-11-5-1-3-7-13(11)19)10-12-6-2-4-8-14(12)20/h1-6H,7-10H2. The van der Waals surface area contributed by atoms with Crippen LogP contribution < -0.4 is 0 Å². The van der Waals surface area contributed by atoms with Crippen LogP contribution in [0.4, 0.5) is 4.79 Å². The monoisotopic (exact) mass is 323 g/mol. The first-order valence-corrected chi connectivity index (χ1v) is 7.49. The molecule has 0 N–H and O–H groups in total. The highest BCUT2D eigenvalue weighted by Crippen LogP contribution is 2.17. The van der Waals surface area contributed by atoms with Crippen molar-refractivity contribution in [1.82, 2.24) is 4.90 Å². The molecule has 0 heterocycles. The van der Waals surface area contributed by atoms with Gasteiger partial charge >= 0.3 is 5.37 Å². The lowest BCUT2D eigenvalue weighted by atomic mass is 10.0. The van der Waals surface area contributed by atoms with Crippen LogP contribution in [0.5, 0.6) is 0 Å². The lowest BCUT2D eigenvalue weighted by molar-refractivity contribution is 0.231. The second-order valence-electron chi connectivity index (χ2n) is 4.60. The maximum absolute atomic E-state index is 11.6. The third-order valence-corrected chi connectivity index (χ3v) is 4.26. The summed E-state index contributed by atoms with van der Waals surface area (Å²) in [5.74, 6) is 0. The Balaban J connectivity index is 2.10. The van der Waals surface area contributed by atoms with Crippen LogP contribution >= 0.6 is 36.0 Å². The summed E-state index contributed by atoms with van der Waals surface area (Å²) in [5, 5.41) is -0.485. The van der Waals surface area contributed by atoms with Crippen molar-refractivity contribution in [3.8, 4) is 0 Å². The van der Waals surface area contributed by atoms with E-state index in [1.807, 2.05) is 36.5 Å². The normalized spacial score (nSPS) is 17.9. The number of thiocarbonyl (C=S) groups is 2. The van der Waals surface area contributed by atoms with Gasteiger partial charge in [-0.3, -0.25) is 4.79 Å². The first kappa shape index (κ1) is 15.3. The Kier molecular flexibility index (Phi) is 5.40. The van der Waals surface area contributed by atoms with E-state index >= 15 is 0 Å². The lowest BCUT2D eigenvalue weighted by Crippen LogP contribution is -2.33. The summed E-state index contributed by atoms with van der Waals surface area (Å²) in [6, 6.07) is 0. The van der Waals surface area contributed by atoms with Crippen molar-refractivity contribution in [2.24, 2.45) is 0 Å². The number of carbonyl (C=O) groups excluding carboxylic acids is 1. The molecular formula is C15H14ClNOS2. The van der Waals surface area contributed by atoms with Gasteiger partial charge in [-0.1, -0.05) is 60.9 Å². The molecule has 1 amide bonds. The van der Waals surface area contributed by atoms with Crippen LogP contribution in [-0.2, 0) is 0 Å². The molecule has 104 valence electrons. The number of allylic oxidation sites excluding steroid dienone is 6. The molecule has 2 rings (SSSR count). The van der Waals surface area contributed by atoms with Gasteiger partial charge in [0.05, 0.1) is 0 Å². The fraction of sp³-hybridized carbons (Fsp3) is 0.267. The van der Waals surface area contributed by atoms with Crippen LogP contribution in [0.2, 0.25) is 0 Å². The molecule has 0 spiro atoms. The van der Waals surface area contributed by atoms with Gasteiger partial charge in [-0.25, -0.2) is 0 Å². The van der Waals surface area contributed by atoms with Gasteiger partial charge < -0.3 is 4.90 Å². The molecule has 2 nitrogen and oxygen atoms in total. The molecule has 0 bridgehead atoms. The number of nitrogens with zero attached hydrogens (tertiary/aromatic N) is 1. The van der Waals surface area contributed by atoms with Crippen LogP contribution in [0.25, 0.3) is 0 Å². The van der Waals surface area contributed by atoms with E-state index in [1.54, 1.807) is 4.90 Å². The summed E-state index contributed by atoms with van der Waals surface area (Å²) < 4.78 is 0. The molecule has 0 saturated carbocycles. The van der Waals surface area contributed by atoms with Gasteiger partial charge in [0.2, 0.25) is 0 Å². The van der Waals surface area contributed by atoms with E-state index in [0.717, 1.165) is 33.7 Å². The van der Waals surface area contributed by atoms with Crippen molar-refractivity contribution >= 4 is 51.1 Å². The number of hydrogen-bond acceptors (Lipinski definition) is 3. The zero-order chi connectivity index (χ0) is 14.5. The molecule has 0 aromatic rings. The van der Waals surface area contributed by atoms with Gasteiger partial charge in [0.25, 0.3) is 0 Å². The SMILES string of the molecule is O=C(Cl)N(CC1=CC=CCC1=S)CC1=CC=CCC1=S. The number of hydrogen-bond donors (Lipinski definition) is 0. The molecule has 0 aromatic carbocycles. The van der Waals surface area contributed by atoms with Crippen LogP contribution in [0.3, 0.4) is 0 Å². The molecule has 0 fully saturated rings. The molecule has 0 aromatic heterocycles. The molecule has 0 unspecified atom stereocenters. The quantitative estimate of drug-likeness (QED) is 0.440. The highest BCUT2D eigenvalue weighted by atomic mass is 35.5. The third-order valence-electron chi connectivity index (χ3n) is 3.16. The Morgan fingerprint density at radius 2 is 1.50 bits per heavy atom. The average molecular weight is 324 g/mol. The molecule has 20 heavy (non-hydrogen) atoms. The first-order chi connectivity index (χ1) is 9.58.